The third kappa shape index (κ3) is 12.1. The molecule has 0 aromatic rings. The summed E-state index contributed by atoms with van der Waals surface area (Å²) in [6, 6.07) is 0.678. The van der Waals surface area contributed by atoms with Gasteiger partial charge in [0, 0.05) is 12.1 Å². The van der Waals surface area contributed by atoms with Crippen molar-refractivity contribution in [1.29, 1.82) is 0 Å². The van der Waals surface area contributed by atoms with E-state index in [9.17, 15) is 19.2 Å². The minimum absolute atomic E-state index is 0.133. The molecule has 5 fully saturated rings. The number of carbonyl (C=O) groups is 2. The maximum atomic E-state index is 13.1. The second-order valence-electron chi connectivity index (χ2n) is 18.6. The van der Waals surface area contributed by atoms with Crippen LogP contribution in [0.25, 0.3) is 0 Å². The molecule has 5 rings (SSSR count). The van der Waals surface area contributed by atoms with Crippen LogP contribution < -0.4 is 10.6 Å². The van der Waals surface area contributed by atoms with E-state index in [2.05, 4.69) is 33.7 Å². The van der Waals surface area contributed by atoms with Gasteiger partial charge in [-0.05, 0) is 185 Å². The minimum atomic E-state index is -2.58. The number of hydrogen-bond donors (Lipinski definition) is 2. The largest absolute Gasteiger partial charge is 0.502 e. The fourth-order valence-corrected chi connectivity index (χ4v) is 14.5. The predicted octanol–water partition coefficient (Wildman–Crippen LogP) is 8.65. The number of nitrogens with one attached hydrogen (secondary N) is 2. The number of carbonyl (C=O) groups excluding carboxylic acids is 4. The lowest BCUT2D eigenvalue weighted by Gasteiger charge is -2.48. The molecule has 0 aromatic carbocycles. The van der Waals surface area contributed by atoms with Gasteiger partial charge in [0.25, 0.3) is 8.32 Å². The quantitative estimate of drug-likeness (QED) is 0.102. The Bertz CT molecular complexity index is 1310. The van der Waals surface area contributed by atoms with Crippen LogP contribution in [0.3, 0.4) is 0 Å². The van der Waals surface area contributed by atoms with Gasteiger partial charge in [0.2, 0.25) is 20.5 Å². The minimum Gasteiger partial charge on any atom is -0.502 e. The second-order valence-corrected chi connectivity index (χ2v) is 27.1. The fourth-order valence-electron chi connectivity index (χ4n) is 10.2. The van der Waals surface area contributed by atoms with Crippen LogP contribution in [-0.4, -0.2) is 76.6 Å². The Morgan fingerprint density at radius 2 is 1.15 bits per heavy atom. The van der Waals surface area contributed by atoms with Crippen LogP contribution in [0.1, 0.15) is 129 Å². The zero-order valence-electron chi connectivity index (χ0n) is 33.4. The normalized spacial score (nSPS) is 34.4. The molecule has 0 aromatic heterocycles. The van der Waals surface area contributed by atoms with E-state index in [1.54, 1.807) is 12.2 Å². The Kier molecular flexibility index (Phi) is 15.0. The van der Waals surface area contributed by atoms with Crippen LogP contribution in [0.4, 0.5) is 9.59 Å². The van der Waals surface area contributed by atoms with Crippen molar-refractivity contribution in [3.63, 3.8) is 0 Å². The maximum Gasteiger partial charge on any atom is 0.407 e. The number of rotatable bonds is 14. The van der Waals surface area contributed by atoms with Gasteiger partial charge in [0.15, 0.2) is 0 Å². The van der Waals surface area contributed by atoms with E-state index in [1.807, 2.05) is 26.9 Å². The SMILES string of the molecule is CC(O[Si](C)(C)C(C)OC(=O)NC1CCC(CC2CCC(N=C=O)CC2)CC1)[Si](C)(C)OC(=O)NC1CCC(CC2CCC3C(C2)CC3N=C=O)CC1. The first-order valence-electron chi connectivity index (χ1n) is 21.0. The van der Waals surface area contributed by atoms with Gasteiger partial charge in [-0.15, -0.1) is 0 Å². The van der Waals surface area contributed by atoms with Crippen molar-refractivity contribution < 1.29 is 32.8 Å². The summed E-state index contributed by atoms with van der Waals surface area (Å²) in [6.45, 7) is 12.1. The van der Waals surface area contributed by atoms with Gasteiger partial charge in [-0.2, -0.15) is 0 Å². The van der Waals surface area contributed by atoms with Gasteiger partial charge in [-0.3, -0.25) is 0 Å². The smallest absolute Gasteiger partial charge is 0.407 e. The molecular weight excluding hydrogens is 705 g/mol. The third-order valence-electron chi connectivity index (χ3n) is 14.2. The molecule has 0 heterocycles. The van der Waals surface area contributed by atoms with Crippen molar-refractivity contribution in [3.8, 4) is 0 Å². The molecule has 0 saturated heterocycles. The summed E-state index contributed by atoms with van der Waals surface area (Å²) < 4.78 is 18.6. The summed E-state index contributed by atoms with van der Waals surface area (Å²) in [5.74, 6) is 4.27. The van der Waals surface area contributed by atoms with Gasteiger partial charge in [-0.1, -0.05) is 6.42 Å². The monoisotopic (exact) mass is 772 g/mol. The molecule has 0 bridgehead atoms. The Balaban J connectivity index is 0.950. The van der Waals surface area contributed by atoms with Crippen molar-refractivity contribution >= 4 is 41.0 Å². The summed E-state index contributed by atoms with van der Waals surface area (Å²) >= 11 is 0. The summed E-state index contributed by atoms with van der Waals surface area (Å²) in [6.07, 6.45) is 22.8. The topological polar surface area (TPSA) is 145 Å². The lowest BCUT2D eigenvalue weighted by Crippen LogP contribution is -2.56. The molecule has 2 amide bonds. The zero-order valence-corrected chi connectivity index (χ0v) is 35.4. The first-order valence-corrected chi connectivity index (χ1v) is 27.0. The number of alkyl carbamates (subject to hydrolysis) is 1. The van der Waals surface area contributed by atoms with E-state index in [-0.39, 0.29) is 47.8 Å². The van der Waals surface area contributed by atoms with E-state index in [0.717, 1.165) is 107 Å². The Morgan fingerprint density at radius 1 is 0.642 bits per heavy atom. The Hall–Kier alpha value is -2.31. The van der Waals surface area contributed by atoms with Crippen LogP contribution in [0, 0.1) is 35.5 Å². The van der Waals surface area contributed by atoms with Crippen molar-refractivity contribution in [2.24, 2.45) is 45.5 Å². The summed E-state index contributed by atoms with van der Waals surface area (Å²) in [4.78, 5) is 55.2. The highest BCUT2D eigenvalue weighted by Crippen LogP contribution is 2.50. The van der Waals surface area contributed by atoms with E-state index in [1.165, 1.54) is 32.1 Å². The van der Waals surface area contributed by atoms with Gasteiger partial charge in [-0.25, -0.2) is 29.2 Å². The highest BCUT2D eigenvalue weighted by molar-refractivity contribution is 6.77. The zero-order chi connectivity index (χ0) is 38.2. The van der Waals surface area contributed by atoms with Crippen LogP contribution in [-0.2, 0) is 23.2 Å². The lowest BCUT2D eigenvalue weighted by atomic mass is 9.58. The molecule has 11 nitrogen and oxygen atoms in total. The molecule has 53 heavy (non-hydrogen) atoms. The molecule has 5 aliphatic carbocycles. The third-order valence-corrected chi connectivity index (χ3v) is 20.3. The standard InChI is InChI=1S/C40H68N4O7Si2/c1-27(49-39(47)43-35-16-9-30(10-17-35)21-29-7-14-34(15-8-29)41-25-45)52(3,4)50-28(2)53(5,6)51-40(48)44-36-18-11-31(12-19-36)22-32-13-20-37-33(23-32)24-38(37)42-26-46/h27-38H,7-24H2,1-6H3,(H,43,47)(H,44,48). The molecule has 0 aliphatic heterocycles. The van der Waals surface area contributed by atoms with Crippen LogP contribution in [0.5, 0.6) is 0 Å². The van der Waals surface area contributed by atoms with E-state index in [0.29, 0.717) is 11.8 Å². The molecule has 6 atom stereocenters. The van der Waals surface area contributed by atoms with Crippen molar-refractivity contribution in [2.75, 3.05) is 0 Å². The van der Waals surface area contributed by atoms with Crippen LogP contribution >= 0.6 is 0 Å². The second kappa shape index (κ2) is 19.0. The molecule has 5 saturated carbocycles. The first kappa shape index (κ1) is 41.8. The highest BCUT2D eigenvalue weighted by atomic mass is 28.4. The number of ether oxygens (including phenoxy) is 1. The highest BCUT2D eigenvalue weighted by Gasteiger charge is 2.46. The molecule has 298 valence electrons. The van der Waals surface area contributed by atoms with Crippen molar-refractivity contribution in [2.45, 2.75) is 191 Å². The molecule has 2 N–H and O–H groups in total. The van der Waals surface area contributed by atoms with Crippen molar-refractivity contribution in [3.05, 3.63) is 0 Å². The average molecular weight is 773 g/mol. The van der Waals surface area contributed by atoms with Crippen LogP contribution in [0.2, 0.25) is 26.2 Å². The number of aliphatic imine (C=N–C) groups is 2. The van der Waals surface area contributed by atoms with Gasteiger partial charge >= 0.3 is 12.2 Å². The van der Waals surface area contributed by atoms with Gasteiger partial charge in [0.1, 0.15) is 5.73 Å². The summed E-state index contributed by atoms with van der Waals surface area (Å²) in [5, 5.41) is 6.29. The van der Waals surface area contributed by atoms with Crippen LogP contribution in [0.15, 0.2) is 9.98 Å². The lowest BCUT2D eigenvalue weighted by molar-refractivity contribution is 0.0443. The van der Waals surface area contributed by atoms with E-state index >= 15 is 0 Å². The molecule has 6 unspecified atom stereocenters. The number of isocyanates is 2. The number of hydrogen-bond acceptors (Lipinski definition) is 9. The Labute approximate surface area is 320 Å². The Morgan fingerprint density at radius 3 is 1.70 bits per heavy atom. The predicted molar refractivity (Wildman–Crippen MR) is 210 cm³/mol. The number of amides is 2. The molecule has 13 heteroatoms. The fraction of sp³-hybridized carbons (Fsp3) is 0.900. The van der Waals surface area contributed by atoms with E-state index < -0.39 is 16.6 Å². The number of nitrogens with zero attached hydrogens (tertiary/aromatic N) is 2. The molecule has 0 spiro atoms. The maximum absolute atomic E-state index is 13.1. The summed E-state index contributed by atoms with van der Waals surface area (Å²) in [7, 11) is -5.07. The van der Waals surface area contributed by atoms with E-state index in [4.69, 9.17) is 13.6 Å². The molecule has 0 radical (unpaired) electrons. The first-order chi connectivity index (χ1) is 25.2. The molecule has 5 aliphatic rings. The van der Waals surface area contributed by atoms with Gasteiger partial charge < -0.3 is 24.2 Å². The number of fused-ring (bicyclic) bond motifs is 1. The summed E-state index contributed by atoms with van der Waals surface area (Å²) in [5.41, 5.74) is -0.625. The van der Waals surface area contributed by atoms with Gasteiger partial charge in [0.05, 0.1) is 17.8 Å². The van der Waals surface area contributed by atoms with Crippen molar-refractivity contribution in [1.82, 2.24) is 10.6 Å². The average Bonchev–Trinajstić information content (AvgIpc) is 3.09. The molecular formula is C40H68N4O7Si2.